The van der Waals surface area contributed by atoms with E-state index in [-0.39, 0.29) is 28.4 Å². The van der Waals surface area contributed by atoms with Crippen molar-refractivity contribution in [3.8, 4) is 11.8 Å². The molecule has 0 aromatic heterocycles. The fourth-order valence-electron chi connectivity index (χ4n) is 4.09. The summed E-state index contributed by atoms with van der Waals surface area (Å²) >= 11 is 1.18. The highest BCUT2D eigenvalue weighted by Gasteiger charge is 2.36. The lowest BCUT2D eigenvalue weighted by molar-refractivity contribution is -0.128. The molecule has 0 bridgehead atoms. The number of nitrogens with zero attached hydrogens (tertiary/aromatic N) is 2. The Hall–Kier alpha value is -3.77. The van der Waals surface area contributed by atoms with E-state index in [1.807, 2.05) is 13.8 Å². The van der Waals surface area contributed by atoms with Crippen molar-refractivity contribution in [1.82, 2.24) is 10.2 Å². The summed E-state index contributed by atoms with van der Waals surface area (Å²) in [7, 11) is 1.50. The van der Waals surface area contributed by atoms with Gasteiger partial charge >= 0.3 is 0 Å². The van der Waals surface area contributed by atoms with Crippen LogP contribution < -0.4 is 15.4 Å². The second-order valence-corrected chi connectivity index (χ2v) is 8.97. The maximum absolute atomic E-state index is 15.0. The lowest BCUT2D eigenvalue weighted by Crippen LogP contribution is -2.33. The van der Waals surface area contributed by atoms with Crippen LogP contribution in [0.2, 0.25) is 0 Å². The smallest absolute Gasteiger partial charge is 0.254 e. The summed E-state index contributed by atoms with van der Waals surface area (Å²) in [6.45, 7) is 6.66. The molecule has 36 heavy (non-hydrogen) atoms. The summed E-state index contributed by atoms with van der Waals surface area (Å²) in [6.07, 6.45) is 0. The molecule has 2 aromatic rings. The predicted molar refractivity (Wildman–Crippen MR) is 140 cm³/mol. The summed E-state index contributed by atoms with van der Waals surface area (Å²) in [4.78, 5) is 27.8. The average Bonchev–Trinajstić information content (AvgIpc) is 2.88. The number of rotatable bonds is 9. The van der Waals surface area contributed by atoms with Crippen LogP contribution in [0.4, 0.5) is 10.1 Å². The van der Waals surface area contributed by atoms with Gasteiger partial charge in [-0.05, 0) is 39.0 Å². The van der Waals surface area contributed by atoms with Gasteiger partial charge in [-0.15, -0.1) is 0 Å². The molecule has 2 N–H and O–H groups in total. The first-order chi connectivity index (χ1) is 17.4. The van der Waals surface area contributed by atoms with E-state index in [1.54, 1.807) is 54.3 Å². The predicted octanol–water partition coefficient (Wildman–Crippen LogP) is 4.77. The van der Waals surface area contributed by atoms with Gasteiger partial charge in [0.15, 0.2) is 0 Å². The molecule has 2 aromatic carbocycles. The molecule has 1 heterocycles. The van der Waals surface area contributed by atoms with Gasteiger partial charge in [0, 0.05) is 29.9 Å². The summed E-state index contributed by atoms with van der Waals surface area (Å²) in [5.41, 5.74) is 1.50. The van der Waals surface area contributed by atoms with Gasteiger partial charge in [-0.1, -0.05) is 42.1 Å². The lowest BCUT2D eigenvalue weighted by Gasteiger charge is -2.30. The van der Waals surface area contributed by atoms with Crippen LogP contribution in [-0.2, 0) is 9.59 Å². The Labute approximate surface area is 215 Å². The first kappa shape index (κ1) is 26.8. The molecule has 0 aliphatic carbocycles. The topological polar surface area (TPSA) is 94.5 Å². The molecule has 3 rings (SSSR count). The molecular formula is C27H29FN4O3S. The molecule has 2 amide bonds. The Bertz CT molecular complexity index is 1250. The van der Waals surface area contributed by atoms with Gasteiger partial charge in [0.25, 0.3) is 5.91 Å². The van der Waals surface area contributed by atoms with Crippen molar-refractivity contribution in [1.29, 1.82) is 5.26 Å². The molecule has 0 radical (unpaired) electrons. The summed E-state index contributed by atoms with van der Waals surface area (Å²) in [6, 6.07) is 15.2. The van der Waals surface area contributed by atoms with Crippen LogP contribution in [-0.4, -0.2) is 42.7 Å². The van der Waals surface area contributed by atoms with E-state index >= 15 is 4.39 Å². The molecule has 0 unspecified atom stereocenters. The molecule has 9 heteroatoms. The molecule has 0 saturated heterocycles. The highest BCUT2D eigenvalue weighted by molar-refractivity contribution is 8.03. The molecular weight excluding hydrogens is 479 g/mol. The van der Waals surface area contributed by atoms with E-state index in [0.717, 1.165) is 0 Å². The number of hydrogen-bond donors (Lipinski definition) is 2. The minimum Gasteiger partial charge on any atom is -0.495 e. The van der Waals surface area contributed by atoms with Gasteiger partial charge in [-0.3, -0.25) is 9.59 Å². The highest BCUT2D eigenvalue weighted by Crippen LogP contribution is 2.42. The lowest BCUT2D eigenvalue weighted by atomic mass is 9.82. The second-order valence-electron chi connectivity index (χ2n) is 7.98. The van der Waals surface area contributed by atoms with Crippen LogP contribution in [0, 0.1) is 17.1 Å². The van der Waals surface area contributed by atoms with E-state index in [0.29, 0.717) is 35.3 Å². The van der Waals surface area contributed by atoms with Crippen molar-refractivity contribution in [2.45, 2.75) is 26.7 Å². The van der Waals surface area contributed by atoms with Gasteiger partial charge < -0.3 is 20.3 Å². The van der Waals surface area contributed by atoms with Crippen molar-refractivity contribution >= 4 is 29.3 Å². The number of thioether (sulfide) groups is 1. The number of nitrogens with one attached hydrogen (secondary N) is 2. The molecule has 1 atom stereocenters. The number of ether oxygens (including phenoxy) is 1. The van der Waals surface area contributed by atoms with Crippen molar-refractivity contribution in [3.05, 3.63) is 81.8 Å². The van der Waals surface area contributed by atoms with Gasteiger partial charge in [0.2, 0.25) is 5.91 Å². The number of nitriles is 1. The van der Waals surface area contributed by atoms with Crippen LogP contribution in [0.25, 0.3) is 0 Å². The standard InChI is InChI=1S/C27H29FN4O3S/c1-5-32(6-2)23(33)16-36-27-19(15-29)25(18-11-7-8-12-20(18)28)24(17(3)30-27)26(34)31-21-13-9-10-14-22(21)35-4/h7-14,25,30H,5-6,16H2,1-4H3,(H,31,34)/t25-/m0/s1. The third-order valence-electron chi connectivity index (χ3n) is 5.92. The van der Waals surface area contributed by atoms with Crippen molar-refractivity contribution in [3.63, 3.8) is 0 Å². The Morgan fingerprint density at radius 1 is 1.17 bits per heavy atom. The summed E-state index contributed by atoms with van der Waals surface area (Å²) in [5.74, 6) is -1.48. The molecule has 0 spiro atoms. The molecule has 0 saturated carbocycles. The Morgan fingerprint density at radius 3 is 2.47 bits per heavy atom. The van der Waals surface area contributed by atoms with E-state index in [2.05, 4.69) is 16.7 Å². The molecule has 0 fully saturated rings. The number of carbonyl (C=O) groups excluding carboxylic acids is 2. The van der Waals surface area contributed by atoms with E-state index < -0.39 is 17.6 Å². The van der Waals surface area contributed by atoms with Crippen LogP contribution in [0.1, 0.15) is 32.3 Å². The van der Waals surface area contributed by atoms with Crippen LogP contribution in [0.5, 0.6) is 5.75 Å². The minimum atomic E-state index is -0.960. The normalized spacial score (nSPS) is 15.2. The van der Waals surface area contributed by atoms with Crippen molar-refractivity contribution < 1.29 is 18.7 Å². The SMILES string of the molecule is CCN(CC)C(=O)CSC1=C(C#N)[C@H](c2ccccc2F)C(C(=O)Nc2ccccc2OC)=C(C)N1. The molecule has 188 valence electrons. The minimum absolute atomic E-state index is 0.0691. The zero-order valence-electron chi connectivity index (χ0n) is 20.7. The van der Waals surface area contributed by atoms with E-state index in [4.69, 9.17) is 4.74 Å². The fourth-order valence-corrected chi connectivity index (χ4v) is 5.08. The number of anilines is 1. The number of hydrogen-bond acceptors (Lipinski definition) is 6. The fraction of sp³-hybridized carbons (Fsp3) is 0.296. The highest BCUT2D eigenvalue weighted by atomic mass is 32.2. The number of benzene rings is 2. The Kier molecular flexibility index (Phi) is 9.14. The number of allylic oxidation sites excluding steroid dienone is 2. The third kappa shape index (κ3) is 5.71. The number of carbonyl (C=O) groups is 2. The van der Waals surface area contributed by atoms with Gasteiger partial charge in [-0.2, -0.15) is 5.26 Å². The first-order valence-electron chi connectivity index (χ1n) is 11.6. The van der Waals surface area contributed by atoms with Crippen LogP contribution in [0.3, 0.4) is 0 Å². The molecule has 7 nitrogen and oxygen atoms in total. The van der Waals surface area contributed by atoms with Crippen LogP contribution in [0.15, 0.2) is 70.4 Å². The van der Waals surface area contributed by atoms with Crippen molar-refractivity contribution in [2.24, 2.45) is 0 Å². The zero-order valence-corrected chi connectivity index (χ0v) is 21.5. The van der Waals surface area contributed by atoms with E-state index in [1.165, 1.54) is 24.9 Å². The molecule has 1 aliphatic rings. The average molecular weight is 509 g/mol. The monoisotopic (exact) mass is 508 g/mol. The van der Waals surface area contributed by atoms with Gasteiger partial charge in [0.05, 0.1) is 41.1 Å². The third-order valence-corrected chi connectivity index (χ3v) is 6.92. The van der Waals surface area contributed by atoms with Gasteiger partial charge in [-0.25, -0.2) is 4.39 Å². The van der Waals surface area contributed by atoms with E-state index in [9.17, 15) is 14.9 Å². The quantitative estimate of drug-likeness (QED) is 0.507. The Balaban J connectivity index is 2.04. The number of amides is 2. The summed E-state index contributed by atoms with van der Waals surface area (Å²) < 4.78 is 20.4. The van der Waals surface area contributed by atoms with Gasteiger partial charge in [0.1, 0.15) is 11.6 Å². The number of para-hydroxylation sites is 2. The maximum atomic E-state index is 15.0. The zero-order chi connectivity index (χ0) is 26.2. The maximum Gasteiger partial charge on any atom is 0.254 e. The van der Waals surface area contributed by atoms with Crippen molar-refractivity contribution in [2.75, 3.05) is 31.3 Å². The number of halogens is 1. The first-order valence-corrected chi connectivity index (χ1v) is 12.6. The molecule has 1 aliphatic heterocycles. The number of dihydropyridines is 1. The second kappa shape index (κ2) is 12.3. The summed E-state index contributed by atoms with van der Waals surface area (Å²) in [5, 5.41) is 16.5. The van der Waals surface area contributed by atoms with Crippen LogP contribution >= 0.6 is 11.8 Å². The number of methoxy groups -OCH3 is 1. The largest absolute Gasteiger partial charge is 0.495 e. The Morgan fingerprint density at radius 2 is 1.83 bits per heavy atom.